The van der Waals surface area contributed by atoms with Gasteiger partial charge in [0.1, 0.15) is 0 Å². The second-order valence-corrected chi connectivity index (χ2v) is 17.7. The predicted octanol–water partition coefficient (Wildman–Crippen LogP) is 18.5. The van der Waals surface area contributed by atoms with E-state index in [4.69, 9.17) is 0 Å². The van der Waals surface area contributed by atoms with Gasteiger partial charge in [0.2, 0.25) is 0 Å². The number of hydrogen-bond donors (Lipinski definition) is 0. The van der Waals surface area contributed by atoms with E-state index in [-0.39, 0.29) is 0 Å². The van der Waals surface area contributed by atoms with E-state index < -0.39 is 0 Å². The maximum Gasteiger partial charge on any atom is 0.0542 e. The van der Waals surface area contributed by atoms with Crippen LogP contribution in [0.25, 0.3) is 82.1 Å². The third-order valence-electron chi connectivity index (χ3n) is 13.7. The van der Waals surface area contributed by atoms with Crippen molar-refractivity contribution in [3.8, 4) is 27.9 Å². The number of hydrogen-bond acceptors (Lipinski definition) is 2. The van der Waals surface area contributed by atoms with E-state index in [9.17, 15) is 0 Å². The van der Waals surface area contributed by atoms with Crippen LogP contribution in [0.4, 0.5) is 34.1 Å². The summed E-state index contributed by atoms with van der Waals surface area (Å²) in [6, 6.07) is 99.1. The van der Waals surface area contributed by atoms with Gasteiger partial charge in [-0.25, -0.2) is 0 Å². The Morgan fingerprint density at radius 1 is 0.203 bits per heavy atom. The highest BCUT2D eigenvalue weighted by Gasteiger charge is 2.20. The van der Waals surface area contributed by atoms with Crippen molar-refractivity contribution in [1.29, 1.82) is 0 Å². The van der Waals surface area contributed by atoms with Gasteiger partial charge in [-0.2, -0.15) is 0 Å². The van der Waals surface area contributed by atoms with E-state index in [1.54, 1.807) is 0 Å². The van der Waals surface area contributed by atoms with Gasteiger partial charge in [0.05, 0.1) is 11.0 Å². The molecule has 0 radical (unpaired) electrons. The van der Waals surface area contributed by atoms with Crippen LogP contribution in [-0.4, -0.2) is 4.57 Å². The first-order valence-electron chi connectivity index (χ1n) is 23.7. The summed E-state index contributed by atoms with van der Waals surface area (Å²) in [4.78, 5) is 4.68. The van der Waals surface area contributed by atoms with Gasteiger partial charge in [-0.15, -0.1) is 0 Å². The molecule has 0 N–H and O–H groups in total. The molecule has 13 rings (SSSR count). The van der Waals surface area contributed by atoms with Gasteiger partial charge in [-0.3, -0.25) is 0 Å². The Bertz CT molecular complexity index is 3900. The molecular weight excluding hydrogens is 835 g/mol. The Hall–Kier alpha value is -9.18. The molecule has 0 aliphatic carbocycles. The van der Waals surface area contributed by atoms with Crippen molar-refractivity contribution in [2.24, 2.45) is 0 Å². The van der Waals surface area contributed by atoms with Crippen LogP contribution in [0, 0.1) is 0 Å². The van der Waals surface area contributed by atoms with E-state index in [0.717, 1.165) is 62.0 Å². The van der Waals surface area contributed by atoms with Crippen molar-refractivity contribution in [3.05, 3.63) is 273 Å². The zero-order valence-corrected chi connectivity index (χ0v) is 37.8. The molecule has 0 saturated carbocycles. The number of benzene rings is 12. The molecule has 0 fully saturated rings. The van der Waals surface area contributed by atoms with Crippen molar-refractivity contribution >= 4 is 88.2 Å². The minimum absolute atomic E-state index is 1.10. The summed E-state index contributed by atoms with van der Waals surface area (Å²) in [5, 5.41) is 9.99. The molecule has 12 aromatic carbocycles. The molecule has 0 spiro atoms. The summed E-state index contributed by atoms with van der Waals surface area (Å²) in [5.74, 6) is 0. The molecule has 0 amide bonds. The number of fused-ring (bicyclic) bond motifs is 9. The Labute approximate surface area is 401 Å². The molecule has 3 nitrogen and oxygen atoms in total. The van der Waals surface area contributed by atoms with E-state index in [0.29, 0.717) is 0 Å². The van der Waals surface area contributed by atoms with Crippen molar-refractivity contribution < 1.29 is 0 Å². The lowest BCUT2D eigenvalue weighted by Crippen LogP contribution is -2.09. The van der Waals surface area contributed by atoms with Crippen LogP contribution < -0.4 is 9.80 Å². The molecule has 0 unspecified atom stereocenters. The van der Waals surface area contributed by atoms with Crippen LogP contribution in [0.2, 0.25) is 0 Å². The van der Waals surface area contributed by atoms with E-state index >= 15 is 0 Å². The van der Waals surface area contributed by atoms with Gasteiger partial charge >= 0.3 is 0 Å². The maximum atomic E-state index is 2.46. The molecular formula is C66H45N3. The largest absolute Gasteiger partial charge is 0.311 e. The lowest BCUT2D eigenvalue weighted by molar-refractivity contribution is 1.18. The zero-order chi connectivity index (χ0) is 45.7. The molecule has 0 atom stereocenters. The minimum atomic E-state index is 1.10. The van der Waals surface area contributed by atoms with Gasteiger partial charge in [0.15, 0.2) is 0 Å². The highest BCUT2D eigenvalue weighted by atomic mass is 15.1. The Kier molecular flexibility index (Phi) is 9.84. The second-order valence-electron chi connectivity index (χ2n) is 17.7. The molecule has 0 bridgehead atoms. The molecule has 324 valence electrons. The zero-order valence-electron chi connectivity index (χ0n) is 37.8. The van der Waals surface area contributed by atoms with Crippen LogP contribution in [0.15, 0.2) is 273 Å². The van der Waals surface area contributed by atoms with Crippen LogP contribution in [0.5, 0.6) is 0 Å². The minimum Gasteiger partial charge on any atom is -0.311 e. The normalized spacial score (nSPS) is 11.5. The number of aromatic nitrogens is 1. The van der Waals surface area contributed by atoms with Crippen LogP contribution >= 0.6 is 0 Å². The Balaban J connectivity index is 0.969. The summed E-state index contributed by atoms with van der Waals surface area (Å²) >= 11 is 0. The fourth-order valence-electron chi connectivity index (χ4n) is 10.5. The molecule has 69 heavy (non-hydrogen) atoms. The number of anilines is 6. The molecule has 0 aliphatic heterocycles. The monoisotopic (exact) mass is 879 g/mol. The summed E-state index contributed by atoms with van der Waals surface area (Å²) in [7, 11) is 0. The summed E-state index contributed by atoms with van der Waals surface area (Å²) < 4.78 is 2.46. The number of nitrogens with zero attached hydrogens (tertiary/aromatic N) is 3. The van der Waals surface area contributed by atoms with E-state index in [1.165, 1.54) is 54.2 Å². The fraction of sp³-hybridized carbons (Fsp3) is 0. The second kappa shape index (κ2) is 16.9. The summed E-state index contributed by atoms with van der Waals surface area (Å²) in [5.41, 5.74) is 14.8. The lowest BCUT2D eigenvalue weighted by Gasteiger charge is -2.26. The van der Waals surface area contributed by atoms with Crippen molar-refractivity contribution in [1.82, 2.24) is 4.57 Å². The van der Waals surface area contributed by atoms with Gasteiger partial charge in [0, 0.05) is 50.6 Å². The number of para-hydroxylation sites is 3. The van der Waals surface area contributed by atoms with Crippen molar-refractivity contribution in [3.63, 3.8) is 0 Å². The first kappa shape index (κ1) is 40.1. The highest BCUT2D eigenvalue weighted by Crippen LogP contribution is 2.43. The van der Waals surface area contributed by atoms with Gasteiger partial charge in [-0.05, 0) is 158 Å². The third-order valence-corrected chi connectivity index (χ3v) is 13.7. The average molecular weight is 880 g/mol. The quantitative estimate of drug-likeness (QED) is 0.134. The predicted molar refractivity (Wildman–Crippen MR) is 294 cm³/mol. The van der Waals surface area contributed by atoms with Crippen molar-refractivity contribution in [2.45, 2.75) is 0 Å². The molecule has 0 saturated heterocycles. The smallest absolute Gasteiger partial charge is 0.0542 e. The van der Waals surface area contributed by atoms with Gasteiger partial charge in [0.25, 0.3) is 0 Å². The maximum absolute atomic E-state index is 2.46. The number of rotatable bonds is 9. The summed E-state index contributed by atoms with van der Waals surface area (Å²) in [6.07, 6.45) is 0. The first-order chi connectivity index (χ1) is 34.2. The summed E-state index contributed by atoms with van der Waals surface area (Å²) in [6.45, 7) is 0. The molecule has 0 aliphatic rings. The van der Waals surface area contributed by atoms with Crippen LogP contribution in [0.3, 0.4) is 0 Å². The molecule has 1 aromatic heterocycles. The Morgan fingerprint density at radius 2 is 0.551 bits per heavy atom. The SMILES string of the molecule is c1ccc(-c2ccc(N(c3ccccc3)c3ccc(-c4ccc5c(c4)c4cc(N(c6ccccc6)c6ccccc6)ccc4n5-c4ccc5c6ccccc6c6ccccc6c5c4)cc3)cc2)cc1. The fourth-order valence-corrected chi connectivity index (χ4v) is 10.5. The highest BCUT2D eigenvalue weighted by molar-refractivity contribution is 6.25. The van der Waals surface area contributed by atoms with Crippen LogP contribution in [0.1, 0.15) is 0 Å². The molecule has 13 aromatic rings. The average Bonchev–Trinajstić information content (AvgIpc) is 3.75. The topological polar surface area (TPSA) is 11.4 Å². The first-order valence-corrected chi connectivity index (χ1v) is 23.7. The standard InChI is InChI=1S/C66H45N3/c1-5-17-46(18-6-1)47-29-34-53(35-30-47)67(50-19-7-2-8-20-50)54-36-31-48(32-37-54)49-33-41-65-63(43-49)64-45-55(68(51-21-9-3-10-22-51)52-23-11-4-12-24-52)39-42-66(64)69(65)56-38-40-61-59-27-14-13-25-57(59)58-26-15-16-28-60(58)62(61)44-56/h1-45H. The van der Waals surface area contributed by atoms with Crippen molar-refractivity contribution in [2.75, 3.05) is 9.80 Å². The van der Waals surface area contributed by atoms with E-state index in [2.05, 4.69) is 287 Å². The lowest BCUT2D eigenvalue weighted by atomic mass is 9.94. The van der Waals surface area contributed by atoms with Gasteiger partial charge < -0.3 is 14.4 Å². The van der Waals surface area contributed by atoms with Gasteiger partial charge in [-0.1, -0.05) is 170 Å². The molecule has 1 heterocycles. The Morgan fingerprint density at radius 3 is 1.07 bits per heavy atom. The third kappa shape index (κ3) is 7.08. The molecule has 3 heteroatoms. The van der Waals surface area contributed by atoms with Crippen LogP contribution in [-0.2, 0) is 0 Å². The van der Waals surface area contributed by atoms with E-state index in [1.807, 2.05) is 0 Å².